The van der Waals surface area contributed by atoms with E-state index in [4.69, 9.17) is 5.73 Å². The van der Waals surface area contributed by atoms with E-state index in [0.717, 1.165) is 17.7 Å². The second kappa shape index (κ2) is 4.82. The smallest absolute Gasteiger partial charge is 0.0953 e. The number of anilines is 1. The molecule has 0 fully saturated rings. The Labute approximate surface area is 101 Å². The van der Waals surface area contributed by atoms with E-state index >= 15 is 0 Å². The third-order valence-electron chi connectivity index (χ3n) is 2.78. The summed E-state index contributed by atoms with van der Waals surface area (Å²) in [4.78, 5) is 8.29. The Hall–Kier alpha value is -2.10. The van der Waals surface area contributed by atoms with E-state index in [9.17, 15) is 0 Å². The molecule has 88 valence electrons. The number of allylic oxidation sites excluding steroid dienone is 1. The second-order valence-electron chi connectivity index (χ2n) is 4.02. The molecule has 1 unspecified atom stereocenters. The highest BCUT2D eigenvalue weighted by Gasteiger charge is 2.12. The molecule has 0 saturated carbocycles. The van der Waals surface area contributed by atoms with Crippen LogP contribution in [0.15, 0.2) is 43.6 Å². The van der Waals surface area contributed by atoms with Crippen LogP contribution in [0.1, 0.15) is 19.4 Å². The molecule has 2 aromatic heterocycles. The maximum Gasteiger partial charge on any atom is 0.0953 e. The van der Waals surface area contributed by atoms with Crippen LogP contribution >= 0.6 is 0 Å². The number of nitrogen functional groups attached to an aromatic ring is 1. The third-order valence-corrected chi connectivity index (χ3v) is 2.78. The van der Waals surface area contributed by atoms with E-state index in [1.54, 1.807) is 18.5 Å². The number of imidazole rings is 1. The molecule has 1 atom stereocenters. The first-order chi connectivity index (χ1) is 8.24. The molecule has 0 aromatic carbocycles. The molecule has 2 N–H and O–H groups in total. The van der Waals surface area contributed by atoms with Crippen LogP contribution in [0.2, 0.25) is 0 Å². The first kappa shape index (κ1) is 11.4. The summed E-state index contributed by atoms with van der Waals surface area (Å²) in [5.74, 6) is 0. The zero-order chi connectivity index (χ0) is 12.3. The van der Waals surface area contributed by atoms with E-state index in [1.807, 2.05) is 18.6 Å². The summed E-state index contributed by atoms with van der Waals surface area (Å²) in [5, 5.41) is 0. The zero-order valence-corrected chi connectivity index (χ0v) is 9.87. The Balaban J connectivity index is 2.44. The standard InChI is InChI=1S/C13H16N4/c1-3-4-10(2)17-9-16-8-13(17)11-7-15-6-5-12(11)14/h3,5-10H,1,4H2,2H3,(H2,14,15). The number of nitrogens with two attached hydrogens (primary N) is 1. The lowest BCUT2D eigenvalue weighted by atomic mass is 10.1. The topological polar surface area (TPSA) is 56.7 Å². The van der Waals surface area contributed by atoms with E-state index in [2.05, 4.69) is 28.0 Å². The van der Waals surface area contributed by atoms with Crippen LogP contribution in [0, 0.1) is 0 Å². The summed E-state index contributed by atoms with van der Waals surface area (Å²) < 4.78 is 2.09. The van der Waals surface area contributed by atoms with E-state index in [0.29, 0.717) is 11.7 Å². The average molecular weight is 228 g/mol. The number of nitrogens with zero attached hydrogens (tertiary/aromatic N) is 3. The molecule has 0 spiro atoms. The minimum absolute atomic E-state index is 0.310. The molecule has 2 rings (SSSR count). The molecule has 4 heteroatoms. The number of pyridine rings is 1. The number of aromatic nitrogens is 3. The lowest BCUT2D eigenvalue weighted by Gasteiger charge is -2.15. The average Bonchev–Trinajstić information content (AvgIpc) is 2.79. The van der Waals surface area contributed by atoms with Crippen LogP contribution in [0.3, 0.4) is 0 Å². The Kier molecular flexibility index (Phi) is 3.23. The van der Waals surface area contributed by atoms with Crippen LogP contribution in [-0.4, -0.2) is 14.5 Å². The van der Waals surface area contributed by atoms with Crippen molar-refractivity contribution in [2.75, 3.05) is 5.73 Å². The van der Waals surface area contributed by atoms with Crippen LogP contribution in [-0.2, 0) is 0 Å². The van der Waals surface area contributed by atoms with Crippen molar-refractivity contribution in [3.05, 3.63) is 43.6 Å². The minimum atomic E-state index is 0.310. The second-order valence-corrected chi connectivity index (χ2v) is 4.02. The molecule has 0 aliphatic rings. The van der Waals surface area contributed by atoms with Crippen molar-refractivity contribution < 1.29 is 0 Å². The van der Waals surface area contributed by atoms with Gasteiger partial charge in [0, 0.05) is 29.7 Å². The molecule has 0 aliphatic heterocycles. The van der Waals surface area contributed by atoms with Gasteiger partial charge in [-0.2, -0.15) is 0 Å². The largest absolute Gasteiger partial charge is 0.398 e. The predicted octanol–water partition coefficient (Wildman–Crippen LogP) is 2.66. The highest BCUT2D eigenvalue weighted by Crippen LogP contribution is 2.27. The summed E-state index contributed by atoms with van der Waals surface area (Å²) in [7, 11) is 0. The molecular weight excluding hydrogens is 212 g/mol. The molecule has 0 bridgehead atoms. The van der Waals surface area contributed by atoms with Crippen molar-refractivity contribution in [3.63, 3.8) is 0 Å². The number of rotatable bonds is 4. The van der Waals surface area contributed by atoms with Gasteiger partial charge in [0.1, 0.15) is 0 Å². The molecule has 2 aromatic rings. The van der Waals surface area contributed by atoms with Gasteiger partial charge in [0.05, 0.1) is 18.2 Å². The summed E-state index contributed by atoms with van der Waals surface area (Å²) >= 11 is 0. The maximum atomic E-state index is 5.95. The molecule has 2 heterocycles. The third kappa shape index (κ3) is 2.20. The summed E-state index contributed by atoms with van der Waals surface area (Å²) in [5.41, 5.74) is 8.58. The molecular formula is C13H16N4. The van der Waals surface area contributed by atoms with Crippen LogP contribution < -0.4 is 5.73 Å². The van der Waals surface area contributed by atoms with Gasteiger partial charge in [0.25, 0.3) is 0 Å². The normalized spacial score (nSPS) is 12.3. The fraction of sp³-hybridized carbons (Fsp3) is 0.231. The Morgan fingerprint density at radius 3 is 3.00 bits per heavy atom. The summed E-state index contributed by atoms with van der Waals surface area (Å²) in [6.07, 6.45) is 9.88. The number of hydrogen-bond acceptors (Lipinski definition) is 3. The Bertz CT molecular complexity index is 516. The van der Waals surface area contributed by atoms with Gasteiger partial charge in [-0.25, -0.2) is 4.98 Å². The van der Waals surface area contributed by atoms with E-state index < -0.39 is 0 Å². The van der Waals surface area contributed by atoms with Crippen molar-refractivity contribution in [2.24, 2.45) is 0 Å². The molecule has 0 radical (unpaired) electrons. The Morgan fingerprint density at radius 1 is 1.47 bits per heavy atom. The van der Waals surface area contributed by atoms with Gasteiger partial charge >= 0.3 is 0 Å². The molecule has 17 heavy (non-hydrogen) atoms. The molecule has 0 aliphatic carbocycles. The Morgan fingerprint density at radius 2 is 2.29 bits per heavy atom. The van der Waals surface area contributed by atoms with Crippen molar-refractivity contribution in [2.45, 2.75) is 19.4 Å². The molecule has 0 saturated heterocycles. The van der Waals surface area contributed by atoms with Crippen LogP contribution in [0.25, 0.3) is 11.3 Å². The lowest BCUT2D eigenvalue weighted by molar-refractivity contribution is 0.559. The molecule has 4 nitrogen and oxygen atoms in total. The maximum absolute atomic E-state index is 5.95. The van der Waals surface area contributed by atoms with Crippen molar-refractivity contribution in [1.82, 2.24) is 14.5 Å². The van der Waals surface area contributed by atoms with Gasteiger partial charge < -0.3 is 10.3 Å². The van der Waals surface area contributed by atoms with Gasteiger partial charge in [0.15, 0.2) is 0 Å². The van der Waals surface area contributed by atoms with E-state index in [-0.39, 0.29) is 0 Å². The summed E-state index contributed by atoms with van der Waals surface area (Å²) in [6, 6.07) is 2.11. The van der Waals surface area contributed by atoms with Gasteiger partial charge in [-0.05, 0) is 19.4 Å². The van der Waals surface area contributed by atoms with Crippen molar-refractivity contribution >= 4 is 5.69 Å². The summed E-state index contributed by atoms with van der Waals surface area (Å²) in [6.45, 7) is 5.88. The first-order valence-corrected chi connectivity index (χ1v) is 5.56. The van der Waals surface area contributed by atoms with Crippen LogP contribution in [0.5, 0.6) is 0 Å². The highest BCUT2D eigenvalue weighted by molar-refractivity contribution is 5.72. The van der Waals surface area contributed by atoms with E-state index in [1.165, 1.54) is 0 Å². The van der Waals surface area contributed by atoms with Gasteiger partial charge in [-0.3, -0.25) is 4.98 Å². The monoisotopic (exact) mass is 228 g/mol. The lowest BCUT2D eigenvalue weighted by Crippen LogP contribution is -2.05. The predicted molar refractivity (Wildman–Crippen MR) is 69.4 cm³/mol. The molecule has 0 amide bonds. The fourth-order valence-corrected chi connectivity index (χ4v) is 1.84. The zero-order valence-electron chi connectivity index (χ0n) is 9.87. The van der Waals surface area contributed by atoms with Crippen LogP contribution in [0.4, 0.5) is 5.69 Å². The SMILES string of the molecule is C=CCC(C)n1cncc1-c1cnccc1N. The fourth-order valence-electron chi connectivity index (χ4n) is 1.84. The van der Waals surface area contributed by atoms with Gasteiger partial charge in [-0.1, -0.05) is 6.08 Å². The van der Waals surface area contributed by atoms with Gasteiger partial charge in [0.2, 0.25) is 0 Å². The van der Waals surface area contributed by atoms with Crippen molar-refractivity contribution in [3.8, 4) is 11.3 Å². The van der Waals surface area contributed by atoms with Crippen molar-refractivity contribution in [1.29, 1.82) is 0 Å². The quantitative estimate of drug-likeness (QED) is 0.818. The minimum Gasteiger partial charge on any atom is -0.398 e. The first-order valence-electron chi connectivity index (χ1n) is 5.56. The highest BCUT2D eigenvalue weighted by atomic mass is 15.1. The number of hydrogen-bond donors (Lipinski definition) is 1. The van der Waals surface area contributed by atoms with Gasteiger partial charge in [-0.15, -0.1) is 6.58 Å².